The summed E-state index contributed by atoms with van der Waals surface area (Å²) in [6, 6.07) is 15.8. The number of halogens is 2. The molecule has 1 amide bonds. The van der Waals surface area contributed by atoms with Gasteiger partial charge in [0.25, 0.3) is 5.56 Å². The van der Waals surface area contributed by atoms with Gasteiger partial charge >= 0.3 is 0 Å². The molecule has 2 aromatic carbocycles. The van der Waals surface area contributed by atoms with E-state index in [0.717, 1.165) is 5.56 Å². The molecule has 28 heavy (non-hydrogen) atoms. The Labute approximate surface area is 172 Å². The highest BCUT2D eigenvalue weighted by Gasteiger charge is 2.14. The molecule has 0 spiro atoms. The average molecular weight is 416 g/mol. The van der Waals surface area contributed by atoms with E-state index in [1.54, 1.807) is 24.3 Å². The summed E-state index contributed by atoms with van der Waals surface area (Å²) in [5.41, 5.74) is 1.86. The van der Waals surface area contributed by atoms with Crippen molar-refractivity contribution >= 4 is 29.1 Å². The van der Waals surface area contributed by atoms with Crippen LogP contribution in [0.5, 0.6) is 0 Å². The molecule has 0 radical (unpaired) electrons. The van der Waals surface area contributed by atoms with Crippen molar-refractivity contribution in [3.05, 3.63) is 86.3 Å². The lowest BCUT2D eigenvalue weighted by molar-refractivity contribution is -0.121. The molecule has 0 fully saturated rings. The van der Waals surface area contributed by atoms with Gasteiger partial charge in [-0.3, -0.25) is 14.2 Å². The van der Waals surface area contributed by atoms with Crippen molar-refractivity contribution in [2.45, 2.75) is 26.4 Å². The van der Waals surface area contributed by atoms with Crippen molar-refractivity contribution in [3.8, 4) is 11.4 Å². The summed E-state index contributed by atoms with van der Waals surface area (Å²) < 4.78 is 1.35. The van der Waals surface area contributed by atoms with E-state index in [9.17, 15) is 9.59 Å². The molecule has 144 valence electrons. The maximum absolute atomic E-state index is 12.6. The van der Waals surface area contributed by atoms with E-state index in [1.807, 2.05) is 31.2 Å². The summed E-state index contributed by atoms with van der Waals surface area (Å²) in [6.07, 6.45) is 0.613. The number of rotatable bonds is 6. The molecule has 3 rings (SSSR count). The van der Waals surface area contributed by atoms with Crippen LogP contribution in [-0.4, -0.2) is 15.5 Å². The molecule has 0 aliphatic heterocycles. The smallest absolute Gasteiger partial charge is 0.254 e. The standard InChI is InChI=1S/C21H19Cl2N3O2/c1-2-17-11-20(28)26(21(25-17)14-7-5-8-16(22)10-14)13-19(27)24-12-15-6-3-4-9-18(15)23/h3-11H,2,12-13H2,1H3,(H,24,27). The van der Waals surface area contributed by atoms with E-state index in [2.05, 4.69) is 10.3 Å². The Balaban J connectivity index is 1.87. The largest absolute Gasteiger partial charge is 0.350 e. The third kappa shape index (κ3) is 4.80. The highest BCUT2D eigenvalue weighted by molar-refractivity contribution is 6.31. The van der Waals surface area contributed by atoms with Gasteiger partial charge in [0.05, 0.1) is 0 Å². The van der Waals surface area contributed by atoms with Crippen molar-refractivity contribution in [1.82, 2.24) is 14.9 Å². The zero-order chi connectivity index (χ0) is 20.1. The van der Waals surface area contributed by atoms with E-state index in [1.165, 1.54) is 10.6 Å². The Morgan fingerprint density at radius 2 is 1.89 bits per heavy atom. The number of benzene rings is 2. The van der Waals surface area contributed by atoms with Gasteiger partial charge in [-0.05, 0) is 30.2 Å². The first-order chi connectivity index (χ1) is 13.5. The molecule has 3 aromatic rings. The lowest BCUT2D eigenvalue weighted by Gasteiger charge is -2.14. The molecule has 0 saturated carbocycles. The fourth-order valence-electron chi connectivity index (χ4n) is 2.77. The molecular weight excluding hydrogens is 397 g/mol. The highest BCUT2D eigenvalue weighted by atomic mass is 35.5. The first-order valence-corrected chi connectivity index (χ1v) is 9.60. The third-order valence-electron chi connectivity index (χ3n) is 4.24. The summed E-state index contributed by atoms with van der Waals surface area (Å²) in [7, 11) is 0. The summed E-state index contributed by atoms with van der Waals surface area (Å²) in [5, 5.41) is 3.91. The van der Waals surface area contributed by atoms with Crippen LogP contribution in [0.2, 0.25) is 10.0 Å². The first kappa shape index (κ1) is 20.1. The number of hydrogen-bond donors (Lipinski definition) is 1. The van der Waals surface area contributed by atoms with Crippen molar-refractivity contribution in [1.29, 1.82) is 0 Å². The minimum absolute atomic E-state index is 0.151. The molecule has 1 heterocycles. The fourth-order valence-corrected chi connectivity index (χ4v) is 3.16. The topological polar surface area (TPSA) is 64.0 Å². The van der Waals surface area contributed by atoms with Crippen LogP contribution in [0.25, 0.3) is 11.4 Å². The van der Waals surface area contributed by atoms with E-state index in [4.69, 9.17) is 23.2 Å². The number of carbonyl (C=O) groups is 1. The predicted octanol–water partition coefficient (Wildman–Crippen LogP) is 4.10. The molecule has 0 atom stereocenters. The van der Waals surface area contributed by atoms with Gasteiger partial charge in [-0.15, -0.1) is 0 Å². The second-order valence-corrected chi connectivity index (χ2v) is 7.07. The first-order valence-electron chi connectivity index (χ1n) is 8.84. The van der Waals surface area contributed by atoms with Gasteiger partial charge in [0, 0.05) is 33.9 Å². The minimum atomic E-state index is -0.309. The van der Waals surface area contributed by atoms with Crippen LogP contribution in [0.3, 0.4) is 0 Å². The molecule has 0 bridgehead atoms. The van der Waals surface area contributed by atoms with Gasteiger partial charge in [0.2, 0.25) is 5.91 Å². The maximum Gasteiger partial charge on any atom is 0.254 e. The Bertz CT molecular complexity index is 1060. The van der Waals surface area contributed by atoms with Crippen molar-refractivity contribution in [3.63, 3.8) is 0 Å². The van der Waals surface area contributed by atoms with E-state index in [0.29, 0.717) is 33.5 Å². The molecule has 5 nitrogen and oxygen atoms in total. The minimum Gasteiger partial charge on any atom is -0.350 e. The summed E-state index contributed by atoms with van der Waals surface area (Å²) in [4.78, 5) is 29.7. The Morgan fingerprint density at radius 3 is 2.61 bits per heavy atom. The number of carbonyl (C=O) groups excluding carboxylic acids is 1. The maximum atomic E-state index is 12.6. The van der Waals surface area contributed by atoms with E-state index < -0.39 is 0 Å². The molecule has 7 heteroatoms. The van der Waals surface area contributed by atoms with Crippen molar-refractivity contribution in [2.75, 3.05) is 0 Å². The predicted molar refractivity (Wildman–Crippen MR) is 112 cm³/mol. The van der Waals surface area contributed by atoms with Gasteiger partial charge in [-0.2, -0.15) is 0 Å². The lowest BCUT2D eigenvalue weighted by Crippen LogP contribution is -2.33. The van der Waals surface area contributed by atoms with Crippen LogP contribution < -0.4 is 10.9 Å². The number of nitrogens with one attached hydrogen (secondary N) is 1. The molecule has 0 aliphatic carbocycles. The quantitative estimate of drug-likeness (QED) is 0.658. The van der Waals surface area contributed by atoms with Gasteiger partial charge in [0.1, 0.15) is 12.4 Å². The normalized spacial score (nSPS) is 10.7. The van der Waals surface area contributed by atoms with Crippen LogP contribution in [0.1, 0.15) is 18.2 Å². The third-order valence-corrected chi connectivity index (χ3v) is 4.85. The molecule has 1 aromatic heterocycles. The summed E-state index contributed by atoms with van der Waals surface area (Å²) in [5.74, 6) is 0.107. The van der Waals surface area contributed by atoms with E-state index in [-0.39, 0.29) is 24.6 Å². The average Bonchev–Trinajstić information content (AvgIpc) is 2.68. The lowest BCUT2D eigenvalue weighted by atomic mass is 10.2. The molecule has 1 N–H and O–H groups in total. The SMILES string of the molecule is CCc1cc(=O)n(CC(=O)NCc2ccccc2Cl)c(-c2cccc(Cl)c2)n1. The zero-order valence-electron chi connectivity index (χ0n) is 15.3. The summed E-state index contributed by atoms with van der Waals surface area (Å²) in [6.45, 7) is 2.05. The number of nitrogens with zero attached hydrogens (tertiary/aromatic N) is 2. The van der Waals surface area contributed by atoms with E-state index >= 15 is 0 Å². The molecule has 0 unspecified atom stereocenters. The van der Waals surface area contributed by atoms with Crippen LogP contribution >= 0.6 is 23.2 Å². The molecule has 0 saturated heterocycles. The number of aromatic nitrogens is 2. The van der Waals surface area contributed by atoms with Gasteiger partial charge in [0.15, 0.2) is 0 Å². The van der Waals surface area contributed by atoms with Crippen molar-refractivity contribution < 1.29 is 4.79 Å². The fraction of sp³-hybridized carbons (Fsp3) is 0.190. The monoisotopic (exact) mass is 415 g/mol. The summed E-state index contributed by atoms with van der Waals surface area (Å²) >= 11 is 12.2. The molecular formula is C21H19Cl2N3O2. The number of amides is 1. The second kappa shape index (κ2) is 9.04. The van der Waals surface area contributed by atoms with Gasteiger partial charge in [-0.1, -0.05) is 60.5 Å². The van der Waals surface area contributed by atoms with Gasteiger partial charge in [-0.25, -0.2) is 4.98 Å². The van der Waals surface area contributed by atoms with Crippen LogP contribution in [0.4, 0.5) is 0 Å². The highest BCUT2D eigenvalue weighted by Crippen LogP contribution is 2.21. The second-order valence-electron chi connectivity index (χ2n) is 6.23. The van der Waals surface area contributed by atoms with Crippen molar-refractivity contribution in [2.24, 2.45) is 0 Å². The zero-order valence-corrected chi connectivity index (χ0v) is 16.8. The number of hydrogen-bond acceptors (Lipinski definition) is 3. The Kier molecular flexibility index (Phi) is 6.49. The van der Waals surface area contributed by atoms with Gasteiger partial charge < -0.3 is 5.32 Å². The van der Waals surface area contributed by atoms with Crippen LogP contribution in [0.15, 0.2) is 59.4 Å². The Hall–Kier alpha value is -2.63. The van der Waals surface area contributed by atoms with Crippen LogP contribution in [-0.2, 0) is 24.3 Å². The van der Waals surface area contributed by atoms with Crippen LogP contribution in [0, 0.1) is 0 Å². The Morgan fingerprint density at radius 1 is 1.11 bits per heavy atom. The molecule has 0 aliphatic rings. The number of aryl methyl sites for hydroxylation is 1.